The van der Waals surface area contributed by atoms with Crippen molar-refractivity contribution in [3.63, 3.8) is 0 Å². The van der Waals surface area contributed by atoms with Gasteiger partial charge >= 0.3 is 0 Å². The molecule has 0 fully saturated rings. The van der Waals surface area contributed by atoms with Crippen LogP contribution in [0.2, 0.25) is 0 Å². The van der Waals surface area contributed by atoms with E-state index in [-0.39, 0.29) is 0 Å². The molecule has 12 aromatic rings. The van der Waals surface area contributed by atoms with Crippen LogP contribution in [0.1, 0.15) is 32.0 Å². The van der Waals surface area contributed by atoms with Crippen molar-refractivity contribution in [2.24, 2.45) is 0 Å². The second-order valence-electron chi connectivity index (χ2n) is 16.3. The van der Waals surface area contributed by atoms with Gasteiger partial charge in [-0.1, -0.05) is 133 Å². The average Bonchev–Trinajstić information content (AvgIpc) is 4.27. The second kappa shape index (κ2) is 19.0. The molecule has 0 saturated carbocycles. The second-order valence-corrected chi connectivity index (χ2v) is 22.7. The zero-order valence-corrected chi connectivity index (χ0v) is 41.9. The predicted molar refractivity (Wildman–Crippen MR) is 308 cm³/mol. The molecule has 6 aromatic heterocycles. The number of allylic oxidation sites excluding steroid dienone is 2. The highest BCUT2D eigenvalue weighted by molar-refractivity contribution is 7.40. The predicted octanol–water partition coefficient (Wildman–Crippen LogP) is 19.9. The number of para-hydroxylation sites is 4. The minimum Gasteiger partial charge on any atom is -0.302 e. The number of rotatable bonds is 12. The first-order valence-corrected chi connectivity index (χ1v) is 27.3. The Kier molecular flexibility index (Phi) is 11.9. The van der Waals surface area contributed by atoms with E-state index in [1.165, 1.54) is 57.4 Å². The first-order chi connectivity index (χ1) is 34.6. The van der Waals surface area contributed by atoms with E-state index in [0.717, 1.165) is 33.9 Å². The van der Waals surface area contributed by atoms with Crippen molar-refractivity contribution in [3.05, 3.63) is 226 Å². The largest absolute Gasteiger partial charge is 0.302 e. The number of benzene rings is 6. The van der Waals surface area contributed by atoms with Gasteiger partial charge in [0.25, 0.3) is 0 Å². The van der Waals surface area contributed by atoms with Crippen molar-refractivity contribution in [3.8, 4) is 12.1 Å². The fourth-order valence-corrected chi connectivity index (χ4v) is 16.5. The van der Waals surface area contributed by atoms with Crippen LogP contribution < -0.4 is 9.80 Å². The van der Waals surface area contributed by atoms with Crippen LogP contribution in [0.15, 0.2) is 194 Å². The van der Waals surface area contributed by atoms with E-state index in [1.807, 2.05) is 117 Å². The third kappa shape index (κ3) is 8.48. The lowest BCUT2D eigenvalue weighted by Crippen LogP contribution is -2.07. The molecule has 70 heavy (non-hydrogen) atoms. The molecule has 0 atom stereocenters. The molecule has 0 aliphatic heterocycles. The number of anilines is 6. The maximum absolute atomic E-state index is 10.4. The summed E-state index contributed by atoms with van der Waals surface area (Å²) in [7, 11) is 0. The fourth-order valence-electron chi connectivity index (χ4n) is 8.59. The SMILES string of the molecule is N#C/C(=C(/C#N)c1ccc(/C=C/c2cc3sc4cc(N(c5ccccc5)c5ccccc5)sc4c3s2)cc1)c1ccc(/C=C/c2cc3sc4cc(N(c5ccccc5)c5ccccc5)sc4c3s2)cc1. The smallest absolute Gasteiger partial charge is 0.102 e. The highest BCUT2D eigenvalue weighted by Gasteiger charge is 2.21. The quantitative estimate of drug-likeness (QED) is 0.0904. The molecule has 6 heterocycles. The summed E-state index contributed by atoms with van der Waals surface area (Å²) in [5, 5.41) is 23.1. The van der Waals surface area contributed by atoms with Gasteiger partial charge in [0.05, 0.1) is 29.9 Å². The first-order valence-electron chi connectivity index (χ1n) is 22.4. The number of fused-ring (bicyclic) bond motifs is 6. The van der Waals surface area contributed by atoms with Gasteiger partial charge in [-0.2, -0.15) is 10.5 Å². The summed E-state index contributed by atoms with van der Waals surface area (Å²) in [5.74, 6) is 0. The third-order valence-corrected chi connectivity index (χ3v) is 19.4. The van der Waals surface area contributed by atoms with Crippen LogP contribution in [-0.2, 0) is 0 Å². The van der Waals surface area contributed by atoms with Crippen LogP contribution in [0.25, 0.3) is 73.0 Å². The Bertz CT molecular complexity index is 3660. The van der Waals surface area contributed by atoms with Crippen LogP contribution in [0.4, 0.5) is 32.8 Å². The van der Waals surface area contributed by atoms with Gasteiger partial charge in [0.15, 0.2) is 0 Å². The summed E-state index contributed by atoms with van der Waals surface area (Å²) in [4.78, 5) is 7.04. The van der Waals surface area contributed by atoms with Gasteiger partial charge in [0.2, 0.25) is 0 Å². The maximum Gasteiger partial charge on any atom is 0.102 e. The molecule has 0 unspecified atom stereocenters. The average molecular weight is 1010 g/mol. The number of hydrogen-bond donors (Lipinski definition) is 0. The topological polar surface area (TPSA) is 54.1 Å². The van der Waals surface area contributed by atoms with Gasteiger partial charge in [-0.05, 0) is 107 Å². The molecular weight excluding hydrogens is 969 g/mol. The lowest BCUT2D eigenvalue weighted by atomic mass is 9.95. The van der Waals surface area contributed by atoms with E-state index in [1.54, 1.807) is 0 Å². The highest BCUT2D eigenvalue weighted by Crippen LogP contribution is 2.51. The number of nitrogens with zero attached hydrogens (tertiary/aromatic N) is 4. The van der Waals surface area contributed by atoms with Gasteiger partial charge in [-0.15, -0.1) is 68.0 Å². The maximum atomic E-state index is 10.4. The van der Waals surface area contributed by atoms with Gasteiger partial charge in [-0.25, -0.2) is 0 Å². The molecule has 6 aromatic carbocycles. The number of nitriles is 2. The van der Waals surface area contributed by atoms with E-state index in [0.29, 0.717) is 22.3 Å². The lowest BCUT2D eigenvalue weighted by Gasteiger charge is -2.23. The van der Waals surface area contributed by atoms with E-state index in [4.69, 9.17) is 0 Å². The highest BCUT2D eigenvalue weighted by atomic mass is 32.1. The molecule has 12 rings (SSSR count). The molecule has 0 radical (unpaired) electrons. The van der Waals surface area contributed by atoms with Crippen molar-refractivity contribution < 1.29 is 0 Å². The zero-order valence-electron chi connectivity index (χ0n) is 37.0. The Hall–Kier alpha value is -7.64. The monoisotopic (exact) mass is 1000 g/mol. The van der Waals surface area contributed by atoms with E-state index in [2.05, 4.69) is 192 Å². The summed E-state index contributed by atoms with van der Waals surface area (Å²) in [6.45, 7) is 0. The van der Waals surface area contributed by atoms with Crippen LogP contribution in [-0.4, -0.2) is 0 Å². The Labute approximate surface area is 429 Å². The molecule has 0 saturated heterocycles. The third-order valence-electron chi connectivity index (χ3n) is 11.9. The van der Waals surface area contributed by atoms with Gasteiger partial charge in [-0.3, -0.25) is 0 Å². The van der Waals surface area contributed by atoms with Crippen molar-refractivity contribution in [1.29, 1.82) is 10.5 Å². The lowest BCUT2D eigenvalue weighted by molar-refractivity contribution is 1.32. The number of hydrogen-bond acceptors (Lipinski definition) is 10. The molecule has 0 spiro atoms. The summed E-state index contributed by atoms with van der Waals surface area (Å²) < 4.78 is 10.5. The summed E-state index contributed by atoms with van der Waals surface area (Å²) >= 11 is 11.0. The van der Waals surface area contributed by atoms with E-state index in [9.17, 15) is 10.5 Å². The zero-order chi connectivity index (χ0) is 47.0. The Morgan fingerprint density at radius 2 is 0.657 bits per heavy atom. The van der Waals surface area contributed by atoms with Crippen molar-refractivity contribution in [2.45, 2.75) is 0 Å². The molecule has 0 aliphatic rings. The van der Waals surface area contributed by atoms with Crippen molar-refractivity contribution in [1.82, 2.24) is 0 Å². The van der Waals surface area contributed by atoms with E-state index >= 15 is 0 Å². The molecule has 332 valence electrons. The number of thiophene rings is 6. The van der Waals surface area contributed by atoms with Gasteiger partial charge in [0.1, 0.15) is 22.1 Å². The fraction of sp³-hybridized carbons (Fsp3) is 0. The van der Waals surface area contributed by atoms with Crippen LogP contribution in [0, 0.1) is 22.7 Å². The molecular formula is C60H36N4S6. The Balaban J connectivity index is 0.741. The minimum atomic E-state index is 0.356. The Morgan fingerprint density at radius 3 is 0.986 bits per heavy atom. The summed E-state index contributed by atoms with van der Waals surface area (Å²) in [6.07, 6.45) is 8.55. The van der Waals surface area contributed by atoms with Crippen LogP contribution in [0.3, 0.4) is 0 Å². The van der Waals surface area contributed by atoms with Crippen LogP contribution >= 0.6 is 68.0 Å². The van der Waals surface area contributed by atoms with Crippen LogP contribution in [0.5, 0.6) is 0 Å². The summed E-state index contributed by atoms with van der Waals surface area (Å²) in [6, 6.07) is 71.8. The van der Waals surface area contributed by atoms with Gasteiger partial charge < -0.3 is 9.80 Å². The molecule has 4 nitrogen and oxygen atoms in total. The van der Waals surface area contributed by atoms with Gasteiger partial charge in [0, 0.05) is 51.3 Å². The minimum absolute atomic E-state index is 0.356. The summed E-state index contributed by atoms with van der Waals surface area (Å²) in [5.41, 5.74) is 8.73. The van der Waals surface area contributed by atoms with Crippen molar-refractivity contribution >= 4 is 174 Å². The normalized spacial score (nSPS) is 12.1. The molecule has 0 N–H and O–H groups in total. The molecule has 10 heteroatoms. The molecule has 0 bridgehead atoms. The standard InChI is InChI=1S/C60H36N4S6/c61-37-49(41-27-21-39(22-28-41)25-31-47-33-51-57(65-47)59-53(67-51)35-55(69-59)63(43-13-5-1-6-14-43)44-15-7-2-8-16-44)50(38-62)42-29-23-40(24-30-42)26-32-48-34-52-58(66-48)60-54(68-52)36-56(70-60)64(45-17-9-3-10-18-45)46-19-11-4-12-20-46/h1-36H/b31-25+,32-26+,50-49+. The van der Waals surface area contributed by atoms with E-state index < -0.39 is 0 Å². The first kappa shape index (κ1) is 43.6. The Morgan fingerprint density at radius 1 is 0.343 bits per heavy atom. The molecule has 0 amide bonds. The van der Waals surface area contributed by atoms with Crippen molar-refractivity contribution in [2.75, 3.05) is 9.80 Å². The molecule has 0 aliphatic carbocycles.